The highest BCUT2D eigenvalue weighted by molar-refractivity contribution is 5.26. The maximum absolute atomic E-state index is 4.15. The number of unbranched alkanes of at least 4 members (excludes halogenated alkanes) is 5. The van der Waals surface area contributed by atoms with E-state index in [0.717, 1.165) is 6.42 Å². The van der Waals surface area contributed by atoms with E-state index in [-0.39, 0.29) is 0 Å². The van der Waals surface area contributed by atoms with E-state index >= 15 is 0 Å². The van der Waals surface area contributed by atoms with Crippen LogP contribution in [0.2, 0.25) is 0 Å². The molecule has 0 saturated heterocycles. The predicted octanol–water partition coefficient (Wildman–Crippen LogP) is 5.90. The van der Waals surface area contributed by atoms with Crippen molar-refractivity contribution < 1.29 is 0 Å². The summed E-state index contributed by atoms with van der Waals surface area (Å²) in [6, 6.07) is 0. The minimum Gasteiger partial charge on any atom is -0.0956 e. The van der Waals surface area contributed by atoms with Gasteiger partial charge < -0.3 is 0 Å². The summed E-state index contributed by atoms with van der Waals surface area (Å²) in [5.74, 6) is 0.624. The first-order valence-electron chi connectivity index (χ1n) is 7.00. The molecule has 0 aromatic rings. The molecule has 0 N–H and O–H groups in total. The van der Waals surface area contributed by atoms with Crippen LogP contribution < -0.4 is 0 Å². The summed E-state index contributed by atoms with van der Waals surface area (Å²) < 4.78 is 0. The van der Waals surface area contributed by atoms with Crippen molar-refractivity contribution in [2.24, 2.45) is 5.92 Å². The molecule has 1 unspecified atom stereocenters. The minimum atomic E-state index is 0.624. The lowest BCUT2D eigenvalue weighted by molar-refractivity contribution is 0.531. The van der Waals surface area contributed by atoms with Crippen LogP contribution >= 0.6 is 0 Å². The topological polar surface area (TPSA) is 0 Å². The minimum absolute atomic E-state index is 0.624. The Bertz CT molecular complexity index is 200. The molecule has 0 rings (SSSR count). The van der Waals surface area contributed by atoms with Gasteiger partial charge in [0.05, 0.1) is 0 Å². The molecule has 0 aliphatic heterocycles. The standard InChI is InChI=1S/C16H30/c1-6-8-9-10-11-12-13-15(4)16(5)14(3)7-2/h15H,3,5-13H2,1-2,4H3. The molecule has 0 amide bonds. The Hall–Kier alpha value is -0.520. The smallest absolute Gasteiger partial charge is 0.0194 e. The van der Waals surface area contributed by atoms with Crippen LogP contribution in [-0.4, -0.2) is 0 Å². The molecule has 0 saturated carbocycles. The fraction of sp³-hybridized carbons (Fsp3) is 0.750. The molecular weight excluding hydrogens is 192 g/mol. The quantitative estimate of drug-likeness (QED) is 0.319. The fourth-order valence-electron chi connectivity index (χ4n) is 1.98. The second kappa shape index (κ2) is 9.69. The highest BCUT2D eigenvalue weighted by atomic mass is 14.1. The molecule has 0 heteroatoms. The third-order valence-corrected chi connectivity index (χ3v) is 3.47. The van der Waals surface area contributed by atoms with E-state index in [1.807, 2.05) is 0 Å². The zero-order valence-electron chi connectivity index (χ0n) is 11.6. The van der Waals surface area contributed by atoms with Gasteiger partial charge in [0.2, 0.25) is 0 Å². The van der Waals surface area contributed by atoms with Gasteiger partial charge in [-0.15, -0.1) is 0 Å². The highest BCUT2D eigenvalue weighted by Crippen LogP contribution is 2.23. The lowest BCUT2D eigenvalue weighted by Crippen LogP contribution is -2.00. The third kappa shape index (κ3) is 6.87. The molecule has 0 fully saturated rings. The molecule has 94 valence electrons. The number of allylic oxidation sites excluding steroid dienone is 2. The van der Waals surface area contributed by atoms with E-state index in [0.29, 0.717) is 5.92 Å². The Labute approximate surface area is 103 Å². The lowest BCUT2D eigenvalue weighted by atomic mass is 9.90. The Morgan fingerprint density at radius 1 is 0.938 bits per heavy atom. The summed E-state index contributed by atoms with van der Waals surface area (Å²) in [5.41, 5.74) is 2.51. The molecule has 0 spiro atoms. The van der Waals surface area contributed by atoms with Gasteiger partial charge in [0.25, 0.3) is 0 Å². The summed E-state index contributed by atoms with van der Waals surface area (Å²) in [6.07, 6.45) is 10.6. The summed E-state index contributed by atoms with van der Waals surface area (Å²) in [7, 11) is 0. The Balaban J connectivity index is 3.53. The van der Waals surface area contributed by atoms with Gasteiger partial charge in [0.15, 0.2) is 0 Å². The van der Waals surface area contributed by atoms with E-state index < -0.39 is 0 Å². The molecule has 0 aromatic carbocycles. The van der Waals surface area contributed by atoms with Crippen molar-refractivity contribution in [3.8, 4) is 0 Å². The second-order valence-electron chi connectivity index (χ2n) is 4.94. The van der Waals surface area contributed by atoms with E-state index in [9.17, 15) is 0 Å². The molecular formula is C16H30. The molecule has 0 heterocycles. The zero-order chi connectivity index (χ0) is 12.4. The van der Waals surface area contributed by atoms with Gasteiger partial charge in [-0.25, -0.2) is 0 Å². The molecule has 1 atom stereocenters. The van der Waals surface area contributed by atoms with Crippen molar-refractivity contribution in [1.29, 1.82) is 0 Å². The summed E-state index contributed by atoms with van der Waals surface area (Å²) in [5, 5.41) is 0. The van der Waals surface area contributed by atoms with E-state index in [1.165, 1.54) is 56.1 Å². The highest BCUT2D eigenvalue weighted by Gasteiger charge is 2.08. The maximum Gasteiger partial charge on any atom is -0.0194 e. The molecule has 16 heavy (non-hydrogen) atoms. The molecule has 0 radical (unpaired) electrons. The average Bonchev–Trinajstić information content (AvgIpc) is 2.31. The van der Waals surface area contributed by atoms with E-state index in [4.69, 9.17) is 0 Å². The van der Waals surface area contributed by atoms with Gasteiger partial charge >= 0.3 is 0 Å². The van der Waals surface area contributed by atoms with Crippen molar-refractivity contribution in [2.45, 2.75) is 72.1 Å². The van der Waals surface area contributed by atoms with E-state index in [2.05, 4.69) is 33.9 Å². The van der Waals surface area contributed by atoms with Crippen LogP contribution in [0, 0.1) is 5.92 Å². The van der Waals surface area contributed by atoms with Crippen molar-refractivity contribution in [2.75, 3.05) is 0 Å². The van der Waals surface area contributed by atoms with Crippen molar-refractivity contribution in [3.05, 3.63) is 24.3 Å². The van der Waals surface area contributed by atoms with Crippen molar-refractivity contribution in [3.63, 3.8) is 0 Å². The molecule has 0 bridgehead atoms. The van der Waals surface area contributed by atoms with Crippen molar-refractivity contribution in [1.82, 2.24) is 0 Å². The number of hydrogen-bond acceptors (Lipinski definition) is 0. The summed E-state index contributed by atoms with van der Waals surface area (Å²) in [4.78, 5) is 0. The largest absolute Gasteiger partial charge is 0.0956 e. The first-order chi connectivity index (χ1) is 7.63. The molecule has 0 aliphatic carbocycles. The Morgan fingerprint density at radius 2 is 1.50 bits per heavy atom. The zero-order valence-corrected chi connectivity index (χ0v) is 11.6. The SMILES string of the molecule is C=C(CC)C(=C)C(C)CCCCCCCC. The number of hydrogen-bond donors (Lipinski definition) is 0. The first kappa shape index (κ1) is 15.5. The molecule has 0 nitrogen and oxygen atoms in total. The summed E-state index contributed by atoms with van der Waals surface area (Å²) >= 11 is 0. The van der Waals surface area contributed by atoms with Crippen LogP contribution in [0.4, 0.5) is 0 Å². The lowest BCUT2D eigenvalue weighted by Gasteiger charge is -2.15. The first-order valence-corrected chi connectivity index (χ1v) is 7.00. The monoisotopic (exact) mass is 222 g/mol. The molecule has 0 aliphatic rings. The second-order valence-corrected chi connectivity index (χ2v) is 4.94. The van der Waals surface area contributed by atoms with Gasteiger partial charge in [-0.05, 0) is 24.3 Å². The van der Waals surface area contributed by atoms with Gasteiger partial charge in [0, 0.05) is 0 Å². The third-order valence-electron chi connectivity index (χ3n) is 3.47. The van der Waals surface area contributed by atoms with Crippen LogP contribution in [-0.2, 0) is 0 Å². The van der Waals surface area contributed by atoms with Crippen LogP contribution in [0.15, 0.2) is 24.3 Å². The number of rotatable bonds is 10. The van der Waals surface area contributed by atoms with Crippen LogP contribution in [0.3, 0.4) is 0 Å². The Morgan fingerprint density at radius 3 is 2.06 bits per heavy atom. The van der Waals surface area contributed by atoms with Gasteiger partial charge in [-0.2, -0.15) is 0 Å². The van der Waals surface area contributed by atoms with Gasteiger partial charge in [-0.1, -0.05) is 78.0 Å². The van der Waals surface area contributed by atoms with E-state index in [1.54, 1.807) is 0 Å². The fourth-order valence-corrected chi connectivity index (χ4v) is 1.98. The van der Waals surface area contributed by atoms with Crippen LogP contribution in [0.1, 0.15) is 72.1 Å². The summed E-state index contributed by atoms with van der Waals surface area (Å²) in [6.45, 7) is 14.9. The van der Waals surface area contributed by atoms with Gasteiger partial charge in [0.1, 0.15) is 0 Å². The normalized spacial score (nSPS) is 12.4. The predicted molar refractivity (Wildman–Crippen MR) is 75.7 cm³/mol. The maximum atomic E-state index is 4.15. The average molecular weight is 222 g/mol. The molecule has 0 aromatic heterocycles. The Kier molecular flexibility index (Phi) is 9.37. The van der Waals surface area contributed by atoms with Crippen LogP contribution in [0.5, 0.6) is 0 Å². The van der Waals surface area contributed by atoms with Gasteiger partial charge in [-0.3, -0.25) is 0 Å². The van der Waals surface area contributed by atoms with Crippen molar-refractivity contribution >= 4 is 0 Å². The van der Waals surface area contributed by atoms with Crippen LogP contribution in [0.25, 0.3) is 0 Å².